The Balaban J connectivity index is 4.56. The van der Waals surface area contributed by atoms with E-state index < -0.39 is 17.9 Å². The van der Waals surface area contributed by atoms with Crippen LogP contribution in [0, 0.1) is 0 Å². The Morgan fingerprint density at radius 3 is 2.50 bits per heavy atom. The number of nitrogens with zero attached hydrogens (tertiary/aromatic N) is 1. The second-order valence-corrected chi connectivity index (χ2v) is 1.25. The van der Waals surface area contributed by atoms with Gasteiger partial charge in [0.05, 0.1) is 0 Å². The minimum Gasteiger partial charge on any atom is -0.411 e. The first-order valence-corrected chi connectivity index (χ1v) is 2.13. The summed E-state index contributed by atoms with van der Waals surface area (Å²) in [6.45, 7) is 2.31. The molecule has 0 aliphatic rings. The average molecular weight is 117 g/mol. The van der Waals surface area contributed by atoms with Gasteiger partial charge in [-0.2, -0.15) is 0 Å². The van der Waals surface area contributed by atoms with E-state index in [1.54, 1.807) is 0 Å². The van der Waals surface area contributed by atoms with Crippen LogP contribution >= 0.6 is 0 Å². The number of ketones is 1. The molecule has 0 fully saturated rings. The zero-order chi connectivity index (χ0) is 8.36. The largest absolute Gasteiger partial charge is 0.411 e. The van der Waals surface area contributed by atoms with Crippen LogP contribution in [-0.2, 0) is 4.79 Å². The van der Waals surface area contributed by atoms with Gasteiger partial charge in [0.15, 0.2) is 5.78 Å². The summed E-state index contributed by atoms with van der Waals surface area (Å²) in [5, 5.41) is 10.7. The number of Topliss-reactive ketones (excluding diaryl/α,β-unsaturated/α-hetero) is 1. The maximum absolute atomic E-state index is 10.5. The Morgan fingerprint density at radius 2 is 2.50 bits per heavy atom. The summed E-state index contributed by atoms with van der Waals surface area (Å²) in [4.78, 5) is 10.5. The molecule has 0 radical (unpaired) electrons. The van der Waals surface area contributed by atoms with Crippen molar-refractivity contribution in [2.45, 2.75) is 20.2 Å². The molecule has 0 heterocycles. The third-order valence-corrected chi connectivity index (χ3v) is 0.670. The van der Waals surface area contributed by atoms with E-state index in [2.05, 4.69) is 5.16 Å². The van der Waals surface area contributed by atoms with Gasteiger partial charge in [-0.05, 0) is 6.37 Å². The summed E-state index contributed by atoms with van der Waals surface area (Å²) >= 11 is 0. The number of rotatable bonds is 2. The van der Waals surface area contributed by atoms with Gasteiger partial charge >= 0.3 is 0 Å². The lowest BCUT2D eigenvalue weighted by Gasteiger charge is -1.89. The van der Waals surface area contributed by atoms with Crippen molar-refractivity contribution in [1.29, 1.82) is 0 Å². The Labute approximate surface area is 50.8 Å². The first-order valence-electron chi connectivity index (χ1n) is 3.13. The second kappa shape index (κ2) is 3.18. The summed E-state index contributed by atoms with van der Waals surface area (Å²) in [5.74, 6) is -0.560. The molecule has 0 aromatic rings. The summed E-state index contributed by atoms with van der Waals surface area (Å²) in [5.41, 5.74) is -0.451. The van der Waals surface area contributed by atoms with E-state index in [9.17, 15) is 4.79 Å². The van der Waals surface area contributed by atoms with Crippen LogP contribution in [0.4, 0.5) is 0 Å². The summed E-state index contributed by atoms with van der Waals surface area (Å²) < 4.78 is 13.9. The average Bonchev–Trinajstić information content (AvgIpc) is 1.60. The highest BCUT2D eigenvalue weighted by atomic mass is 16.4. The van der Waals surface area contributed by atoms with E-state index in [0.29, 0.717) is 0 Å². The monoisotopic (exact) mass is 117 g/mol. The fourth-order valence-corrected chi connectivity index (χ4v) is 0.296. The second-order valence-electron chi connectivity index (χ2n) is 1.25. The molecule has 0 aromatic carbocycles. The summed E-state index contributed by atoms with van der Waals surface area (Å²) in [7, 11) is 0. The Morgan fingerprint density at radius 1 is 2.00 bits per heavy atom. The van der Waals surface area contributed by atoms with Crippen molar-refractivity contribution >= 4 is 11.5 Å². The molecule has 8 heavy (non-hydrogen) atoms. The molecule has 3 heteroatoms. The van der Waals surface area contributed by atoms with Crippen molar-refractivity contribution in [3.05, 3.63) is 0 Å². The summed E-state index contributed by atoms with van der Waals surface area (Å²) in [6.07, 6.45) is -1.86. The highest BCUT2D eigenvalue weighted by Crippen LogP contribution is 1.84. The van der Waals surface area contributed by atoms with Crippen LogP contribution in [0.3, 0.4) is 0 Å². The smallest absolute Gasteiger partial charge is 0.177 e. The maximum atomic E-state index is 10.5. The van der Waals surface area contributed by atoms with Crippen molar-refractivity contribution in [3.8, 4) is 0 Å². The van der Waals surface area contributed by atoms with Gasteiger partial charge in [-0.25, -0.2) is 0 Å². The lowest BCUT2D eigenvalue weighted by Crippen LogP contribution is -2.07. The first-order chi connectivity index (χ1) is 4.39. The van der Waals surface area contributed by atoms with E-state index >= 15 is 0 Å². The zero-order valence-corrected chi connectivity index (χ0v) is 4.80. The van der Waals surface area contributed by atoms with Crippen LogP contribution in [0.15, 0.2) is 5.16 Å². The molecule has 1 N–H and O–H groups in total. The van der Waals surface area contributed by atoms with Crippen LogP contribution < -0.4 is 0 Å². The highest BCUT2D eigenvalue weighted by Gasteiger charge is 2.00. The molecule has 0 aliphatic carbocycles. The molecule has 46 valence electrons. The van der Waals surface area contributed by atoms with Gasteiger partial charge in [0.2, 0.25) is 0 Å². The third-order valence-electron chi connectivity index (χ3n) is 0.670. The molecular formula is C5H9NO2. The van der Waals surface area contributed by atoms with Gasteiger partial charge in [-0.1, -0.05) is 12.1 Å². The number of carbonyl (C=O) groups excluding carboxylic acids is 1. The molecule has 0 rings (SSSR count). The van der Waals surface area contributed by atoms with Gasteiger partial charge in [0.25, 0.3) is 0 Å². The van der Waals surface area contributed by atoms with Gasteiger partial charge in [-0.15, -0.1) is 0 Å². The van der Waals surface area contributed by atoms with Crippen LogP contribution in [0.2, 0.25) is 0 Å². The minimum absolute atomic E-state index is 0.451. The third kappa shape index (κ3) is 1.73. The van der Waals surface area contributed by atoms with E-state index in [-0.39, 0.29) is 0 Å². The molecule has 0 aromatic heterocycles. The van der Waals surface area contributed by atoms with Gasteiger partial charge in [-0.3, -0.25) is 4.79 Å². The molecule has 0 spiro atoms. The number of hydrogen-bond acceptors (Lipinski definition) is 3. The van der Waals surface area contributed by atoms with Crippen LogP contribution in [0.5, 0.6) is 0 Å². The lowest BCUT2D eigenvalue weighted by atomic mass is 10.2. The fourth-order valence-electron chi connectivity index (χ4n) is 0.296. The lowest BCUT2D eigenvalue weighted by molar-refractivity contribution is -0.111. The Hall–Kier alpha value is -0.860. The van der Waals surface area contributed by atoms with Gasteiger partial charge in [0.1, 0.15) is 5.71 Å². The van der Waals surface area contributed by atoms with Gasteiger partial charge in [0, 0.05) is 9.67 Å². The first kappa shape index (κ1) is 4.06. The molecule has 0 aliphatic heterocycles. The molecule has 0 amide bonds. The summed E-state index contributed by atoms with van der Waals surface area (Å²) in [6, 6.07) is 0. The SMILES string of the molecule is [2H]C([2H])(C)/C(=N/O)C(C)=O. The maximum Gasteiger partial charge on any atom is 0.177 e. The standard InChI is InChI=1S/C5H9NO2/c1-3-5(6-8)4(2)7/h8H,3H2,1-2H3/b6-5-/i3D2. The van der Waals surface area contributed by atoms with E-state index in [4.69, 9.17) is 7.95 Å². The predicted octanol–water partition coefficient (Wildman–Crippen LogP) is 0.816. The quantitative estimate of drug-likeness (QED) is 0.330. The van der Waals surface area contributed by atoms with Crippen molar-refractivity contribution < 1.29 is 12.7 Å². The van der Waals surface area contributed by atoms with E-state index in [1.165, 1.54) is 0 Å². The number of carbonyl (C=O) groups is 1. The zero-order valence-electron chi connectivity index (χ0n) is 6.80. The van der Waals surface area contributed by atoms with Crippen molar-refractivity contribution in [2.24, 2.45) is 5.16 Å². The van der Waals surface area contributed by atoms with Crippen molar-refractivity contribution in [3.63, 3.8) is 0 Å². The molecule has 0 unspecified atom stereocenters. The van der Waals surface area contributed by atoms with E-state index in [0.717, 1.165) is 13.8 Å². The molecule has 3 nitrogen and oxygen atoms in total. The predicted molar refractivity (Wildman–Crippen MR) is 30.2 cm³/mol. The minimum atomic E-state index is -1.86. The molecule has 0 bridgehead atoms. The molecule has 0 saturated heterocycles. The fraction of sp³-hybridized carbons (Fsp3) is 0.600. The topological polar surface area (TPSA) is 49.7 Å². The molecule has 0 atom stereocenters. The molecular weight excluding hydrogens is 106 g/mol. The van der Waals surface area contributed by atoms with Crippen LogP contribution in [0.25, 0.3) is 0 Å². The van der Waals surface area contributed by atoms with E-state index in [1.807, 2.05) is 0 Å². The normalized spacial score (nSPS) is 17.0. The highest BCUT2D eigenvalue weighted by molar-refractivity contribution is 6.38. The van der Waals surface area contributed by atoms with Crippen molar-refractivity contribution in [2.75, 3.05) is 0 Å². The number of hydrogen-bond donors (Lipinski definition) is 1. The number of oxime groups is 1. The van der Waals surface area contributed by atoms with Crippen LogP contribution in [0.1, 0.15) is 23.0 Å². The van der Waals surface area contributed by atoms with Gasteiger partial charge < -0.3 is 5.21 Å². The van der Waals surface area contributed by atoms with Crippen LogP contribution in [-0.4, -0.2) is 16.7 Å². The Bertz CT molecular complexity index is 171. The molecule has 0 saturated carbocycles. The Kier molecular flexibility index (Phi) is 1.62. The van der Waals surface area contributed by atoms with Crippen molar-refractivity contribution in [1.82, 2.24) is 0 Å².